The molecule has 0 saturated carbocycles. The molecule has 154 valence electrons. The maximum Gasteiger partial charge on any atom is 0.573 e. The van der Waals surface area contributed by atoms with Crippen molar-refractivity contribution < 1.29 is 22.6 Å². The van der Waals surface area contributed by atoms with E-state index >= 15 is 0 Å². The molecule has 6 nitrogen and oxygen atoms in total. The van der Waals surface area contributed by atoms with Crippen LogP contribution in [-0.2, 0) is 0 Å². The molecule has 0 amide bonds. The van der Waals surface area contributed by atoms with Gasteiger partial charge in [-0.05, 0) is 56.6 Å². The molecule has 0 bridgehead atoms. The predicted molar refractivity (Wildman–Crippen MR) is 101 cm³/mol. The highest BCUT2D eigenvalue weighted by Gasteiger charge is 2.31. The van der Waals surface area contributed by atoms with Gasteiger partial charge in [-0.3, -0.25) is 0 Å². The Morgan fingerprint density at radius 3 is 2.66 bits per heavy atom. The molecule has 2 unspecified atom stereocenters. The molecule has 1 fully saturated rings. The highest BCUT2D eigenvalue weighted by atomic mass is 19.4. The molecule has 1 N–H and O–H groups in total. The third kappa shape index (κ3) is 4.61. The maximum atomic E-state index is 12.3. The molecule has 3 aromatic rings. The van der Waals surface area contributed by atoms with Gasteiger partial charge in [-0.1, -0.05) is 0 Å². The van der Waals surface area contributed by atoms with Crippen molar-refractivity contribution in [1.82, 2.24) is 19.9 Å². The third-order valence-electron chi connectivity index (χ3n) is 5.03. The number of piperidine rings is 1. The van der Waals surface area contributed by atoms with Gasteiger partial charge in [0.25, 0.3) is 0 Å². The lowest BCUT2D eigenvalue weighted by Crippen LogP contribution is -2.38. The second kappa shape index (κ2) is 7.90. The Balaban J connectivity index is 1.55. The van der Waals surface area contributed by atoms with Crippen LogP contribution in [0, 0.1) is 5.92 Å². The van der Waals surface area contributed by atoms with Crippen LogP contribution in [0.3, 0.4) is 0 Å². The van der Waals surface area contributed by atoms with E-state index < -0.39 is 6.36 Å². The van der Waals surface area contributed by atoms with E-state index in [1.54, 1.807) is 22.8 Å². The topological polar surface area (TPSA) is 60.7 Å². The number of benzene rings is 1. The molecule has 0 spiro atoms. The van der Waals surface area contributed by atoms with E-state index in [4.69, 9.17) is 4.74 Å². The SMILES string of the molecule is CC(Oc1ccc2ncc(-c3ccc(OC(F)(F)F)cc3)n2n1)C1CCCNC1. The zero-order chi connectivity index (χ0) is 20.4. The van der Waals surface area contributed by atoms with Gasteiger partial charge in [-0.15, -0.1) is 18.3 Å². The summed E-state index contributed by atoms with van der Waals surface area (Å²) in [6.07, 6.45) is -0.842. The van der Waals surface area contributed by atoms with Gasteiger partial charge in [-0.2, -0.15) is 0 Å². The third-order valence-corrected chi connectivity index (χ3v) is 5.03. The van der Waals surface area contributed by atoms with E-state index in [2.05, 4.69) is 20.1 Å². The summed E-state index contributed by atoms with van der Waals surface area (Å²) < 4.78 is 48.6. The predicted octanol–water partition coefficient (Wildman–Crippen LogP) is 4.06. The van der Waals surface area contributed by atoms with Crippen molar-refractivity contribution in [2.75, 3.05) is 13.1 Å². The molecule has 9 heteroatoms. The zero-order valence-corrected chi connectivity index (χ0v) is 15.8. The van der Waals surface area contributed by atoms with E-state index in [9.17, 15) is 13.2 Å². The fraction of sp³-hybridized carbons (Fsp3) is 0.400. The number of ether oxygens (including phenoxy) is 2. The van der Waals surface area contributed by atoms with Crippen LogP contribution in [0.5, 0.6) is 11.6 Å². The number of hydrogen-bond donors (Lipinski definition) is 1. The summed E-state index contributed by atoms with van der Waals surface area (Å²) in [5.41, 5.74) is 1.94. The van der Waals surface area contributed by atoms with E-state index in [0.717, 1.165) is 25.9 Å². The summed E-state index contributed by atoms with van der Waals surface area (Å²) in [5, 5.41) is 7.91. The molecular formula is C20H21F3N4O2. The van der Waals surface area contributed by atoms with E-state index in [1.165, 1.54) is 24.3 Å². The van der Waals surface area contributed by atoms with Crippen molar-refractivity contribution in [1.29, 1.82) is 0 Å². The molecular weight excluding hydrogens is 385 g/mol. The number of alkyl halides is 3. The number of imidazole rings is 1. The number of nitrogens with zero attached hydrogens (tertiary/aromatic N) is 3. The molecule has 0 radical (unpaired) electrons. The van der Waals surface area contributed by atoms with E-state index in [0.29, 0.717) is 28.7 Å². The standard InChI is InChI=1S/C20H21F3N4O2/c1-13(15-3-2-10-24-11-15)28-19-9-8-18-25-12-17(27(18)26-19)14-4-6-16(7-5-14)29-20(21,22)23/h4-9,12-13,15,24H,2-3,10-11H2,1H3. The van der Waals surface area contributed by atoms with Crippen molar-refractivity contribution in [3.8, 4) is 22.9 Å². The number of halogens is 3. The monoisotopic (exact) mass is 406 g/mol. The molecule has 1 aromatic carbocycles. The molecule has 1 saturated heterocycles. The Morgan fingerprint density at radius 1 is 1.17 bits per heavy atom. The summed E-state index contributed by atoms with van der Waals surface area (Å²) in [6, 6.07) is 9.19. The van der Waals surface area contributed by atoms with Crippen LogP contribution in [-0.4, -0.2) is 40.2 Å². The smallest absolute Gasteiger partial charge is 0.473 e. The second-order valence-corrected chi connectivity index (χ2v) is 7.09. The Labute approximate surface area is 165 Å². The first-order valence-corrected chi connectivity index (χ1v) is 9.47. The molecule has 2 atom stereocenters. The Kier molecular flexibility index (Phi) is 5.31. The van der Waals surface area contributed by atoms with Gasteiger partial charge < -0.3 is 14.8 Å². The van der Waals surface area contributed by atoms with E-state index in [-0.39, 0.29) is 11.9 Å². The number of aromatic nitrogens is 3. The highest BCUT2D eigenvalue weighted by Crippen LogP contribution is 2.27. The Bertz CT molecular complexity index is 966. The zero-order valence-electron chi connectivity index (χ0n) is 15.8. The van der Waals surface area contributed by atoms with Crippen LogP contribution >= 0.6 is 0 Å². The first-order chi connectivity index (χ1) is 13.9. The second-order valence-electron chi connectivity index (χ2n) is 7.09. The van der Waals surface area contributed by atoms with Crippen molar-refractivity contribution in [3.05, 3.63) is 42.6 Å². The van der Waals surface area contributed by atoms with Crippen LogP contribution in [0.15, 0.2) is 42.6 Å². The quantitative estimate of drug-likeness (QED) is 0.692. The van der Waals surface area contributed by atoms with Gasteiger partial charge in [0, 0.05) is 24.1 Å². The molecule has 2 aromatic heterocycles. The Hall–Kier alpha value is -2.81. The average molecular weight is 406 g/mol. The van der Waals surface area contributed by atoms with Gasteiger partial charge in [0.15, 0.2) is 5.65 Å². The van der Waals surface area contributed by atoms with Gasteiger partial charge >= 0.3 is 6.36 Å². The van der Waals surface area contributed by atoms with Gasteiger partial charge in [-0.25, -0.2) is 9.50 Å². The minimum absolute atomic E-state index is 0.0125. The maximum absolute atomic E-state index is 12.3. The number of rotatable bonds is 5. The van der Waals surface area contributed by atoms with Crippen LogP contribution in [0.1, 0.15) is 19.8 Å². The normalized spacial score (nSPS) is 18.6. The minimum atomic E-state index is -4.72. The van der Waals surface area contributed by atoms with Crippen molar-refractivity contribution in [2.24, 2.45) is 5.92 Å². The first-order valence-electron chi connectivity index (χ1n) is 9.47. The minimum Gasteiger partial charge on any atom is -0.473 e. The number of fused-ring (bicyclic) bond motifs is 1. The number of hydrogen-bond acceptors (Lipinski definition) is 5. The summed E-state index contributed by atoms with van der Waals surface area (Å²) in [7, 11) is 0. The summed E-state index contributed by atoms with van der Waals surface area (Å²) in [4.78, 5) is 4.31. The lowest BCUT2D eigenvalue weighted by Gasteiger charge is -2.28. The number of nitrogens with one attached hydrogen (secondary N) is 1. The van der Waals surface area contributed by atoms with Crippen LogP contribution < -0.4 is 14.8 Å². The molecule has 29 heavy (non-hydrogen) atoms. The highest BCUT2D eigenvalue weighted by molar-refractivity contribution is 5.63. The Morgan fingerprint density at radius 2 is 1.97 bits per heavy atom. The lowest BCUT2D eigenvalue weighted by atomic mass is 9.95. The van der Waals surface area contributed by atoms with Crippen LogP contribution in [0.25, 0.3) is 16.9 Å². The summed E-state index contributed by atoms with van der Waals surface area (Å²) in [5.74, 6) is 0.624. The lowest BCUT2D eigenvalue weighted by molar-refractivity contribution is -0.274. The summed E-state index contributed by atoms with van der Waals surface area (Å²) >= 11 is 0. The van der Waals surface area contributed by atoms with Crippen molar-refractivity contribution >= 4 is 5.65 Å². The molecule has 3 heterocycles. The first kappa shape index (κ1) is 19.5. The van der Waals surface area contributed by atoms with Crippen molar-refractivity contribution in [2.45, 2.75) is 32.2 Å². The largest absolute Gasteiger partial charge is 0.573 e. The molecule has 1 aliphatic heterocycles. The summed E-state index contributed by atoms with van der Waals surface area (Å²) in [6.45, 7) is 4.00. The van der Waals surface area contributed by atoms with Crippen molar-refractivity contribution in [3.63, 3.8) is 0 Å². The van der Waals surface area contributed by atoms with Gasteiger partial charge in [0.2, 0.25) is 5.88 Å². The van der Waals surface area contributed by atoms with Crippen LogP contribution in [0.2, 0.25) is 0 Å². The van der Waals surface area contributed by atoms with Crippen LogP contribution in [0.4, 0.5) is 13.2 Å². The van der Waals surface area contributed by atoms with Gasteiger partial charge in [0.05, 0.1) is 11.9 Å². The molecule has 0 aliphatic carbocycles. The fourth-order valence-electron chi connectivity index (χ4n) is 3.51. The molecule has 1 aliphatic rings. The molecule has 4 rings (SSSR count). The fourth-order valence-corrected chi connectivity index (χ4v) is 3.51. The van der Waals surface area contributed by atoms with E-state index in [1.807, 2.05) is 6.92 Å². The van der Waals surface area contributed by atoms with Gasteiger partial charge in [0.1, 0.15) is 11.9 Å². The average Bonchev–Trinajstić information content (AvgIpc) is 3.11.